The van der Waals surface area contributed by atoms with Gasteiger partial charge in [0.15, 0.2) is 23.1 Å². The number of carbonyl (C=O) groups excluding carboxylic acids is 2. The van der Waals surface area contributed by atoms with Gasteiger partial charge in [-0.15, -0.1) is 0 Å². The van der Waals surface area contributed by atoms with Crippen LogP contribution in [0.1, 0.15) is 37.8 Å². The van der Waals surface area contributed by atoms with Crippen LogP contribution in [0, 0.1) is 0 Å². The second-order valence-electron chi connectivity index (χ2n) is 9.59. The van der Waals surface area contributed by atoms with Crippen molar-refractivity contribution in [3.63, 3.8) is 0 Å². The first kappa shape index (κ1) is 23.7. The molecule has 192 valence electrons. The summed E-state index contributed by atoms with van der Waals surface area (Å²) in [5.41, 5.74) is 1.90. The molecule has 38 heavy (non-hydrogen) atoms. The molecule has 0 saturated heterocycles. The zero-order valence-corrected chi connectivity index (χ0v) is 20.9. The minimum atomic E-state index is -0.653. The Morgan fingerprint density at radius 1 is 1.03 bits per heavy atom. The van der Waals surface area contributed by atoms with Crippen molar-refractivity contribution in [1.82, 2.24) is 13.9 Å². The average molecular weight is 512 g/mol. The van der Waals surface area contributed by atoms with Gasteiger partial charge >= 0.3 is 11.4 Å². The summed E-state index contributed by atoms with van der Waals surface area (Å²) in [6.45, 7) is 3.86. The maximum absolute atomic E-state index is 13.7. The van der Waals surface area contributed by atoms with E-state index in [-0.39, 0.29) is 36.0 Å². The molecule has 0 radical (unpaired) electrons. The van der Waals surface area contributed by atoms with Crippen molar-refractivity contribution in [1.29, 1.82) is 0 Å². The highest BCUT2D eigenvalue weighted by atomic mass is 16.5. The molecule has 2 atom stereocenters. The molecule has 6 rings (SSSR count). The molecular formula is C29H25N3O6. The fourth-order valence-corrected chi connectivity index (χ4v) is 5.81. The van der Waals surface area contributed by atoms with Crippen LogP contribution in [0.5, 0.6) is 11.5 Å². The smallest absolute Gasteiger partial charge is 0.352 e. The standard InChI is InChI=1S/C29H25N3O6/c1-3-38-24-14-17(9-10-22(24)33)25-19-11-12-30-28(36)31(18-7-5-4-6-8-18)29(37)32(30)21(19)15-20-26(25)23(34)13-16(2)27(20)35/h4-11,13-14,21,25,33H,3,12,15H2,1-2H3/t21-,25+/m1/s1. The Balaban J connectivity index is 1.58. The number of hydrogen-bond donors (Lipinski definition) is 1. The molecule has 3 aliphatic rings. The number of fused-ring (bicyclic) bond motifs is 3. The predicted molar refractivity (Wildman–Crippen MR) is 139 cm³/mol. The second-order valence-corrected chi connectivity index (χ2v) is 9.59. The molecule has 3 aromatic rings. The first-order chi connectivity index (χ1) is 18.3. The quantitative estimate of drug-likeness (QED) is 0.426. The number of para-hydroxylation sites is 1. The van der Waals surface area contributed by atoms with E-state index in [2.05, 4.69) is 0 Å². The van der Waals surface area contributed by atoms with E-state index in [0.29, 0.717) is 34.6 Å². The number of Topliss-reactive ketones (excluding diaryl/α,β-unsaturated/α-hetero) is 1. The van der Waals surface area contributed by atoms with Crippen LogP contribution < -0.4 is 16.1 Å². The Labute approximate surface area is 217 Å². The lowest BCUT2D eigenvalue weighted by Crippen LogP contribution is -2.40. The minimum absolute atomic E-state index is 0.0402. The summed E-state index contributed by atoms with van der Waals surface area (Å²) < 4.78 is 9.52. The van der Waals surface area contributed by atoms with Crippen molar-refractivity contribution >= 4 is 11.6 Å². The van der Waals surface area contributed by atoms with Crippen LogP contribution in [-0.2, 0) is 16.1 Å². The fraction of sp³-hybridized carbons (Fsp3) is 0.241. The van der Waals surface area contributed by atoms with Gasteiger partial charge in [-0.25, -0.2) is 23.5 Å². The minimum Gasteiger partial charge on any atom is -0.504 e. The van der Waals surface area contributed by atoms with Crippen LogP contribution in [0.4, 0.5) is 0 Å². The Kier molecular flexibility index (Phi) is 5.45. The topological polar surface area (TPSA) is 113 Å². The van der Waals surface area contributed by atoms with E-state index in [4.69, 9.17) is 4.74 Å². The largest absolute Gasteiger partial charge is 0.504 e. The van der Waals surface area contributed by atoms with Gasteiger partial charge in [0, 0.05) is 29.1 Å². The molecule has 0 fully saturated rings. The summed E-state index contributed by atoms with van der Waals surface area (Å²) in [4.78, 5) is 53.8. The normalized spacial score (nSPS) is 20.4. The van der Waals surface area contributed by atoms with E-state index in [9.17, 15) is 24.3 Å². The van der Waals surface area contributed by atoms with Crippen LogP contribution in [0.3, 0.4) is 0 Å². The van der Waals surface area contributed by atoms with Crippen LogP contribution in [0.2, 0.25) is 0 Å². The molecule has 2 aromatic carbocycles. The van der Waals surface area contributed by atoms with Crippen molar-refractivity contribution in [2.24, 2.45) is 0 Å². The predicted octanol–water partition coefficient (Wildman–Crippen LogP) is 2.97. The molecule has 0 bridgehead atoms. The van der Waals surface area contributed by atoms with Gasteiger partial charge in [-0.3, -0.25) is 9.59 Å². The number of hydrogen-bond acceptors (Lipinski definition) is 6. The van der Waals surface area contributed by atoms with Gasteiger partial charge in [-0.2, -0.15) is 0 Å². The number of nitrogens with zero attached hydrogens (tertiary/aromatic N) is 3. The van der Waals surface area contributed by atoms with Gasteiger partial charge in [0.1, 0.15) is 0 Å². The zero-order chi connectivity index (χ0) is 26.7. The van der Waals surface area contributed by atoms with Gasteiger partial charge in [0.2, 0.25) is 0 Å². The van der Waals surface area contributed by atoms with E-state index >= 15 is 0 Å². The van der Waals surface area contributed by atoms with Gasteiger partial charge in [-0.1, -0.05) is 30.3 Å². The van der Waals surface area contributed by atoms with E-state index in [1.807, 2.05) is 6.08 Å². The van der Waals surface area contributed by atoms with Gasteiger partial charge < -0.3 is 9.84 Å². The number of phenolic OH excluding ortho intramolecular Hbond substituents is 1. The van der Waals surface area contributed by atoms with Gasteiger partial charge in [0.05, 0.1) is 24.9 Å². The van der Waals surface area contributed by atoms with Crippen LogP contribution in [0.15, 0.2) is 92.6 Å². The molecule has 1 aliphatic heterocycles. The van der Waals surface area contributed by atoms with Crippen LogP contribution in [0.25, 0.3) is 5.69 Å². The summed E-state index contributed by atoms with van der Waals surface area (Å²) in [7, 11) is 0. The number of ether oxygens (including phenoxy) is 1. The second kappa shape index (κ2) is 8.72. The number of phenols is 1. The molecule has 9 nitrogen and oxygen atoms in total. The number of aromatic nitrogens is 3. The van der Waals surface area contributed by atoms with Gasteiger partial charge in [0.25, 0.3) is 0 Å². The third kappa shape index (κ3) is 3.38. The summed E-state index contributed by atoms with van der Waals surface area (Å²) in [5.74, 6) is -0.940. The maximum atomic E-state index is 13.7. The number of benzene rings is 2. The molecule has 1 N–H and O–H groups in total. The molecule has 0 spiro atoms. The number of aromatic hydroxyl groups is 1. The third-order valence-electron chi connectivity index (χ3n) is 7.46. The highest BCUT2D eigenvalue weighted by Crippen LogP contribution is 2.50. The summed E-state index contributed by atoms with van der Waals surface area (Å²) >= 11 is 0. The lowest BCUT2D eigenvalue weighted by molar-refractivity contribution is -0.116. The number of rotatable bonds is 4. The lowest BCUT2D eigenvalue weighted by atomic mass is 9.68. The van der Waals surface area contributed by atoms with Crippen molar-refractivity contribution in [3.05, 3.63) is 110 Å². The van der Waals surface area contributed by atoms with E-state index in [0.717, 1.165) is 10.1 Å². The number of allylic oxidation sites excluding steroid dienone is 6. The molecule has 9 heteroatoms. The molecule has 2 heterocycles. The lowest BCUT2D eigenvalue weighted by Gasteiger charge is -2.39. The van der Waals surface area contributed by atoms with E-state index in [1.165, 1.54) is 21.5 Å². The summed E-state index contributed by atoms with van der Waals surface area (Å²) in [6, 6.07) is 12.9. The number of ketones is 2. The molecule has 0 unspecified atom stereocenters. The number of carbonyl (C=O) groups is 2. The molecule has 1 aromatic heterocycles. The van der Waals surface area contributed by atoms with Crippen molar-refractivity contribution in [3.8, 4) is 17.2 Å². The monoisotopic (exact) mass is 511 g/mol. The van der Waals surface area contributed by atoms with Gasteiger partial charge in [-0.05, 0) is 55.3 Å². The van der Waals surface area contributed by atoms with Crippen LogP contribution >= 0.6 is 0 Å². The average Bonchev–Trinajstić information content (AvgIpc) is 3.17. The summed E-state index contributed by atoms with van der Waals surface area (Å²) in [5, 5.41) is 10.3. The van der Waals surface area contributed by atoms with Crippen molar-refractivity contribution in [2.75, 3.05) is 6.61 Å². The Hall–Kier alpha value is -4.66. The van der Waals surface area contributed by atoms with Crippen molar-refractivity contribution < 1.29 is 19.4 Å². The Morgan fingerprint density at radius 3 is 2.53 bits per heavy atom. The Bertz CT molecular complexity index is 1730. The summed E-state index contributed by atoms with van der Waals surface area (Å²) in [6.07, 6.45) is 3.34. The highest BCUT2D eigenvalue weighted by Gasteiger charge is 2.44. The van der Waals surface area contributed by atoms with Crippen LogP contribution in [-0.4, -0.2) is 37.2 Å². The first-order valence-electron chi connectivity index (χ1n) is 12.5. The van der Waals surface area contributed by atoms with E-state index in [1.54, 1.807) is 56.3 Å². The zero-order valence-electron chi connectivity index (χ0n) is 20.9. The Morgan fingerprint density at radius 2 is 1.79 bits per heavy atom. The fourth-order valence-electron chi connectivity index (χ4n) is 5.81. The first-order valence-corrected chi connectivity index (χ1v) is 12.5. The highest BCUT2D eigenvalue weighted by molar-refractivity contribution is 6.23. The van der Waals surface area contributed by atoms with E-state index < -0.39 is 23.3 Å². The molecule has 0 saturated carbocycles. The molecule has 2 aliphatic carbocycles. The third-order valence-corrected chi connectivity index (χ3v) is 7.46. The SMILES string of the molecule is CCOc1cc([C@H]2C3=CCn4c(=O)n(-c5ccccc5)c(=O)n4[C@@H]3CC3=C2C(=O)C=C(C)C3=O)ccc1O. The molecule has 0 amide bonds. The van der Waals surface area contributed by atoms with Crippen molar-refractivity contribution in [2.45, 2.75) is 38.8 Å². The maximum Gasteiger partial charge on any atom is 0.352 e. The molecular weight excluding hydrogens is 486 g/mol.